The highest BCUT2D eigenvalue weighted by molar-refractivity contribution is 5.91. The van der Waals surface area contributed by atoms with Gasteiger partial charge in [0.15, 0.2) is 0 Å². The number of fused-ring (bicyclic) bond motifs is 2. The van der Waals surface area contributed by atoms with Crippen molar-refractivity contribution in [2.75, 3.05) is 6.54 Å². The summed E-state index contributed by atoms with van der Waals surface area (Å²) < 4.78 is 5.38. The van der Waals surface area contributed by atoms with Crippen molar-refractivity contribution in [1.29, 1.82) is 0 Å². The molecule has 0 saturated carbocycles. The van der Waals surface area contributed by atoms with Gasteiger partial charge in [0, 0.05) is 6.54 Å². The van der Waals surface area contributed by atoms with Gasteiger partial charge in [-0.05, 0) is 40.5 Å². The van der Waals surface area contributed by atoms with E-state index in [0.717, 1.165) is 6.42 Å². The molecule has 5 nitrogen and oxygen atoms in total. The second-order valence-corrected chi connectivity index (χ2v) is 6.03. The molecule has 2 aliphatic rings. The summed E-state index contributed by atoms with van der Waals surface area (Å²) in [6, 6.07) is 0.0764. The van der Waals surface area contributed by atoms with Crippen LogP contribution in [-0.4, -0.2) is 40.6 Å². The van der Waals surface area contributed by atoms with Crippen LogP contribution in [0.15, 0.2) is 0 Å². The molecule has 2 saturated heterocycles. The average Bonchev–Trinajstić information content (AvgIpc) is 2.43. The Bertz CT molecular complexity index is 361. The van der Waals surface area contributed by atoms with Crippen LogP contribution >= 0.6 is 0 Å². The van der Waals surface area contributed by atoms with Crippen LogP contribution < -0.4 is 5.32 Å². The highest BCUT2D eigenvalue weighted by Crippen LogP contribution is 2.37. The van der Waals surface area contributed by atoms with Gasteiger partial charge < -0.3 is 10.1 Å². The molecule has 2 heterocycles. The normalized spacial score (nSPS) is 32.4. The van der Waals surface area contributed by atoms with Crippen molar-refractivity contribution in [2.45, 2.75) is 57.7 Å². The highest BCUT2D eigenvalue weighted by Gasteiger charge is 2.54. The Morgan fingerprint density at radius 1 is 1.53 bits per heavy atom. The number of carbonyl (C=O) groups is 2. The molecule has 0 unspecified atom stereocenters. The second-order valence-electron chi connectivity index (χ2n) is 6.03. The highest BCUT2D eigenvalue weighted by atomic mass is 16.6. The van der Waals surface area contributed by atoms with Gasteiger partial charge in [-0.1, -0.05) is 0 Å². The Kier molecular flexibility index (Phi) is 2.60. The molecule has 17 heavy (non-hydrogen) atoms. The zero-order chi connectivity index (χ0) is 12.8. The zero-order valence-corrected chi connectivity index (χ0v) is 10.9. The number of nitrogens with one attached hydrogen (secondary N) is 1. The summed E-state index contributed by atoms with van der Waals surface area (Å²) in [5, 5.41) is 2.84. The van der Waals surface area contributed by atoms with Crippen LogP contribution in [-0.2, 0) is 9.53 Å². The number of ether oxygens (including phenoxy) is 1. The van der Waals surface area contributed by atoms with E-state index in [0.29, 0.717) is 13.0 Å². The minimum absolute atomic E-state index is 0.0721. The smallest absolute Gasteiger partial charge is 0.411 e. The van der Waals surface area contributed by atoms with E-state index in [2.05, 4.69) is 5.32 Å². The number of hydrogen-bond donors (Lipinski definition) is 1. The first-order valence-corrected chi connectivity index (χ1v) is 6.05. The van der Waals surface area contributed by atoms with Crippen LogP contribution in [0, 0.1) is 0 Å². The Balaban J connectivity index is 2.21. The van der Waals surface area contributed by atoms with Crippen LogP contribution in [0.1, 0.15) is 40.5 Å². The maximum atomic E-state index is 12.1. The van der Waals surface area contributed by atoms with Gasteiger partial charge in [-0.25, -0.2) is 4.79 Å². The van der Waals surface area contributed by atoms with Crippen molar-refractivity contribution in [2.24, 2.45) is 0 Å². The van der Waals surface area contributed by atoms with E-state index in [1.807, 2.05) is 27.7 Å². The summed E-state index contributed by atoms with van der Waals surface area (Å²) >= 11 is 0. The van der Waals surface area contributed by atoms with E-state index < -0.39 is 11.1 Å². The lowest BCUT2D eigenvalue weighted by Gasteiger charge is -2.41. The van der Waals surface area contributed by atoms with E-state index in [-0.39, 0.29) is 18.0 Å². The number of hydrogen-bond acceptors (Lipinski definition) is 3. The topological polar surface area (TPSA) is 58.6 Å². The predicted molar refractivity (Wildman–Crippen MR) is 62.5 cm³/mol. The molecule has 0 radical (unpaired) electrons. The Morgan fingerprint density at radius 3 is 2.76 bits per heavy atom. The van der Waals surface area contributed by atoms with Gasteiger partial charge in [-0.15, -0.1) is 0 Å². The molecule has 2 atom stereocenters. The maximum Gasteiger partial charge on any atom is 0.411 e. The first-order chi connectivity index (χ1) is 7.74. The molecule has 0 aliphatic carbocycles. The van der Waals surface area contributed by atoms with E-state index in [4.69, 9.17) is 4.74 Å². The van der Waals surface area contributed by atoms with Crippen molar-refractivity contribution in [3.8, 4) is 0 Å². The third-order valence-electron chi connectivity index (χ3n) is 3.44. The number of carbonyl (C=O) groups excluding carboxylic acids is 2. The summed E-state index contributed by atoms with van der Waals surface area (Å²) in [6.07, 6.45) is 1.19. The first-order valence-electron chi connectivity index (χ1n) is 6.05. The molecular formula is C12H20N2O3. The van der Waals surface area contributed by atoms with Crippen LogP contribution in [0.5, 0.6) is 0 Å². The van der Waals surface area contributed by atoms with Crippen molar-refractivity contribution >= 4 is 12.0 Å². The van der Waals surface area contributed by atoms with E-state index in [1.54, 1.807) is 4.90 Å². The molecule has 0 spiro atoms. The number of amides is 2. The standard InChI is InChI=1S/C12H20N2O3/c1-11(2,3)17-10(16)14-8-5-6-12(14,4)9(15)13-7-8/h8H,5-7H2,1-4H3,(H,13,15)/t8-,12+/m0/s1. The van der Waals surface area contributed by atoms with E-state index in [9.17, 15) is 9.59 Å². The van der Waals surface area contributed by atoms with Gasteiger partial charge in [0.25, 0.3) is 0 Å². The molecule has 2 rings (SSSR count). The van der Waals surface area contributed by atoms with E-state index >= 15 is 0 Å². The molecule has 1 N–H and O–H groups in total. The predicted octanol–water partition coefficient (Wildman–Crippen LogP) is 1.27. The molecule has 0 aromatic heterocycles. The summed E-state index contributed by atoms with van der Waals surface area (Å²) in [5.74, 6) is -0.0721. The summed E-state index contributed by atoms with van der Waals surface area (Å²) in [6.45, 7) is 7.84. The monoisotopic (exact) mass is 240 g/mol. The van der Waals surface area contributed by atoms with Crippen LogP contribution in [0.3, 0.4) is 0 Å². The summed E-state index contributed by atoms with van der Waals surface area (Å²) in [5.41, 5.74) is -1.26. The molecule has 2 fully saturated rings. The van der Waals surface area contributed by atoms with Crippen molar-refractivity contribution < 1.29 is 14.3 Å². The fourth-order valence-corrected chi connectivity index (χ4v) is 2.58. The van der Waals surface area contributed by atoms with Crippen LogP contribution in [0.25, 0.3) is 0 Å². The molecule has 0 aromatic carbocycles. The molecule has 96 valence electrons. The van der Waals surface area contributed by atoms with Gasteiger partial charge in [-0.2, -0.15) is 0 Å². The SMILES string of the molecule is CC(C)(C)OC(=O)N1[C@H]2CC[C@]1(C)C(=O)NC2. The molecular weight excluding hydrogens is 220 g/mol. The first kappa shape index (κ1) is 12.2. The third-order valence-corrected chi connectivity index (χ3v) is 3.44. The number of piperazine rings is 1. The maximum absolute atomic E-state index is 12.1. The van der Waals surface area contributed by atoms with Crippen molar-refractivity contribution in [1.82, 2.24) is 10.2 Å². The minimum atomic E-state index is -0.731. The molecule has 5 heteroatoms. The van der Waals surface area contributed by atoms with Crippen LogP contribution in [0.4, 0.5) is 4.79 Å². The average molecular weight is 240 g/mol. The molecule has 0 aromatic rings. The zero-order valence-electron chi connectivity index (χ0n) is 10.9. The second kappa shape index (κ2) is 3.62. The van der Waals surface area contributed by atoms with Gasteiger partial charge >= 0.3 is 6.09 Å². The summed E-state index contributed by atoms with van der Waals surface area (Å²) in [4.78, 5) is 25.7. The van der Waals surface area contributed by atoms with Gasteiger partial charge in [0.1, 0.15) is 11.1 Å². The fraction of sp³-hybridized carbons (Fsp3) is 0.833. The summed E-state index contributed by atoms with van der Waals surface area (Å²) in [7, 11) is 0. The number of nitrogens with zero attached hydrogens (tertiary/aromatic N) is 1. The van der Waals surface area contributed by atoms with Gasteiger partial charge in [0.2, 0.25) is 5.91 Å². The minimum Gasteiger partial charge on any atom is -0.444 e. The molecule has 2 bridgehead atoms. The Hall–Kier alpha value is -1.26. The van der Waals surface area contributed by atoms with Crippen molar-refractivity contribution in [3.05, 3.63) is 0 Å². The Morgan fingerprint density at radius 2 is 2.18 bits per heavy atom. The van der Waals surface area contributed by atoms with E-state index in [1.165, 1.54) is 0 Å². The molecule has 2 amide bonds. The Labute approximate surface area is 101 Å². The fourth-order valence-electron chi connectivity index (χ4n) is 2.58. The number of rotatable bonds is 0. The quantitative estimate of drug-likeness (QED) is 0.693. The lowest BCUT2D eigenvalue weighted by atomic mass is 9.98. The lowest BCUT2D eigenvalue weighted by molar-refractivity contribution is -0.134. The lowest BCUT2D eigenvalue weighted by Crippen LogP contribution is -2.64. The van der Waals surface area contributed by atoms with Crippen molar-refractivity contribution in [3.63, 3.8) is 0 Å². The largest absolute Gasteiger partial charge is 0.444 e. The van der Waals surface area contributed by atoms with Gasteiger partial charge in [-0.3, -0.25) is 9.69 Å². The molecule has 2 aliphatic heterocycles. The van der Waals surface area contributed by atoms with Crippen LogP contribution in [0.2, 0.25) is 0 Å². The third kappa shape index (κ3) is 1.98. The van der Waals surface area contributed by atoms with Gasteiger partial charge in [0.05, 0.1) is 6.04 Å².